The number of anilines is 1. The van der Waals surface area contributed by atoms with Crippen molar-refractivity contribution in [2.24, 2.45) is 0 Å². The van der Waals surface area contributed by atoms with Gasteiger partial charge in [0.1, 0.15) is 0 Å². The SMILES string of the molecule is CC(Nc1cccc(Cn2cccn2)c1)c1cccnc1. The molecule has 0 bridgehead atoms. The summed E-state index contributed by atoms with van der Waals surface area (Å²) in [5, 5.41) is 7.75. The Morgan fingerprint density at radius 2 is 2.10 bits per heavy atom. The van der Waals surface area contributed by atoms with Gasteiger partial charge in [0.2, 0.25) is 0 Å². The predicted octanol–water partition coefficient (Wildman–Crippen LogP) is 3.50. The van der Waals surface area contributed by atoms with Crippen LogP contribution < -0.4 is 5.32 Å². The lowest BCUT2D eigenvalue weighted by Gasteiger charge is -2.16. The van der Waals surface area contributed by atoms with Crippen molar-refractivity contribution in [2.75, 3.05) is 5.32 Å². The zero-order chi connectivity index (χ0) is 14.5. The molecule has 0 spiro atoms. The van der Waals surface area contributed by atoms with Crippen LogP contribution in [-0.2, 0) is 6.54 Å². The number of benzene rings is 1. The summed E-state index contributed by atoms with van der Waals surface area (Å²) in [6.45, 7) is 2.92. The first-order valence-corrected chi connectivity index (χ1v) is 7.04. The number of hydrogen-bond acceptors (Lipinski definition) is 3. The minimum absolute atomic E-state index is 0.221. The third-order valence-corrected chi connectivity index (χ3v) is 3.40. The van der Waals surface area contributed by atoms with E-state index in [4.69, 9.17) is 0 Å². The molecule has 106 valence electrons. The third-order valence-electron chi connectivity index (χ3n) is 3.40. The van der Waals surface area contributed by atoms with Crippen LogP contribution in [0.25, 0.3) is 0 Å². The van der Waals surface area contributed by atoms with Crippen molar-refractivity contribution in [1.29, 1.82) is 0 Å². The highest BCUT2D eigenvalue weighted by molar-refractivity contribution is 5.47. The van der Waals surface area contributed by atoms with Gasteiger partial charge in [-0.2, -0.15) is 5.10 Å². The van der Waals surface area contributed by atoms with E-state index >= 15 is 0 Å². The van der Waals surface area contributed by atoms with E-state index in [-0.39, 0.29) is 6.04 Å². The van der Waals surface area contributed by atoms with E-state index in [0.717, 1.165) is 12.2 Å². The number of nitrogens with zero attached hydrogens (tertiary/aromatic N) is 3. The van der Waals surface area contributed by atoms with E-state index in [1.165, 1.54) is 11.1 Å². The molecule has 0 radical (unpaired) electrons. The fraction of sp³-hybridized carbons (Fsp3) is 0.176. The van der Waals surface area contributed by atoms with E-state index in [0.29, 0.717) is 0 Å². The van der Waals surface area contributed by atoms with Gasteiger partial charge in [0.05, 0.1) is 12.6 Å². The minimum atomic E-state index is 0.221. The summed E-state index contributed by atoms with van der Waals surface area (Å²) in [5.74, 6) is 0. The van der Waals surface area contributed by atoms with Gasteiger partial charge in [0, 0.05) is 30.5 Å². The van der Waals surface area contributed by atoms with Crippen molar-refractivity contribution in [1.82, 2.24) is 14.8 Å². The highest BCUT2D eigenvalue weighted by atomic mass is 15.3. The average Bonchev–Trinajstić information content (AvgIpc) is 3.01. The Hall–Kier alpha value is -2.62. The Morgan fingerprint density at radius 3 is 2.86 bits per heavy atom. The van der Waals surface area contributed by atoms with E-state index in [9.17, 15) is 0 Å². The lowest BCUT2D eigenvalue weighted by molar-refractivity contribution is 0.687. The van der Waals surface area contributed by atoms with Crippen LogP contribution in [0.4, 0.5) is 5.69 Å². The van der Waals surface area contributed by atoms with Gasteiger partial charge in [-0.05, 0) is 42.3 Å². The summed E-state index contributed by atoms with van der Waals surface area (Å²) < 4.78 is 1.92. The Balaban J connectivity index is 1.71. The van der Waals surface area contributed by atoms with E-state index in [1.807, 2.05) is 29.2 Å². The van der Waals surface area contributed by atoms with E-state index in [2.05, 4.69) is 52.7 Å². The van der Waals surface area contributed by atoms with Crippen LogP contribution >= 0.6 is 0 Å². The van der Waals surface area contributed by atoms with Crippen LogP contribution in [0.1, 0.15) is 24.1 Å². The molecule has 21 heavy (non-hydrogen) atoms. The molecule has 3 rings (SSSR count). The first-order chi connectivity index (χ1) is 10.3. The smallest absolute Gasteiger partial charge is 0.0660 e. The molecule has 0 fully saturated rings. The predicted molar refractivity (Wildman–Crippen MR) is 84.0 cm³/mol. The molecule has 4 heteroatoms. The number of hydrogen-bond donors (Lipinski definition) is 1. The molecule has 1 unspecified atom stereocenters. The Kier molecular flexibility index (Phi) is 3.96. The lowest BCUT2D eigenvalue weighted by Crippen LogP contribution is -2.07. The second-order valence-electron chi connectivity index (χ2n) is 5.06. The highest BCUT2D eigenvalue weighted by Gasteiger charge is 2.05. The maximum atomic E-state index is 4.24. The Bertz CT molecular complexity index is 677. The molecular weight excluding hydrogens is 260 g/mol. The van der Waals surface area contributed by atoms with Crippen molar-refractivity contribution in [3.63, 3.8) is 0 Å². The van der Waals surface area contributed by atoms with E-state index in [1.54, 1.807) is 12.4 Å². The normalized spacial score (nSPS) is 12.0. The van der Waals surface area contributed by atoms with E-state index < -0.39 is 0 Å². The standard InChI is InChI=1S/C17H18N4/c1-14(16-6-3-8-18-12-16)20-17-7-2-5-15(11-17)13-21-10-4-9-19-21/h2-12,14,20H,13H2,1H3. The maximum absolute atomic E-state index is 4.24. The van der Waals surface area contributed by atoms with Crippen LogP contribution in [0.3, 0.4) is 0 Å². The number of aromatic nitrogens is 3. The molecule has 2 heterocycles. The van der Waals surface area contributed by atoms with Gasteiger partial charge < -0.3 is 5.32 Å². The molecule has 0 aliphatic carbocycles. The quantitative estimate of drug-likeness (QED) is 0.776. The molecule has 4 nitrogen and oxygen atoms in total. The van der Waals surface area contributed by atoms with Crippen molar-refractivity contribution >= 4 is 5.69 Å². The van der Waals surface area contributed by atoms with Crippen LogP contribution in [0.15, 0.2) is 67.3 Å². The van der Waals surface area contributed by atoms with Gasteiger partial charge in [0.25, 0.3) is 0 Å². The summed E-state index contributed by atoms with van der Waals surface area (Å²) in [4.78, 5) is 4.16. The summed E-state index contributed by atoms with van der Waals surface area (Å²) in [7, 11) is 0. The molecule has 1 N–H and O–H groups in total. The number of pyridine rings is 1. The first kappa shape index (κ1) is 13.4. The largest absolute Gasteiger partial charge is 0.378 e. The highest BCUT2D eigenvalue weighted by Crippen LogP contribution is 2.19. The topological polar surface area (TPSA) is 42.7 Å². The molecule has 3 aromatic rings. The van der Waals surface area contributed by atoms with Crippen molar-refractivity contribution in [2.45, 2.75) is 19.5 Å². The summed E-state index contributed by atoms with van der Waals surface area (Å²) in [6, 6.07) is 14.6. The molecular formula is C17H18N4. The molecule has 0 amide bonds. The van der Waals surface area contributed by atoms with Crippen molar-refractivity contribution in [3.05, 3.63) is 78.4 Å². The summed E-state index contributed by atoms with van der Waals surface area (Å²) in [6.07, 6.45) is 7.46. The molecule has 0 aliphatic heterocycles. The Labute approximate surface area is 124 Å². The second-order valence-corrected chi connectivity index (χ2v) is 5.06. The van der Waals surface area contributed by atoms with Crippen molar-refractivity contribution < 1.29 is 0 Å². The van der Waals surface area contributed by atoms with Gasteiger partial charge >= 0.3 is 0 Å². The van der Waals surface area contributed by atoms with Crippen LogP contribution in [0.2, 0.25) is 0 Å². The maximum Gasteiger partial charge on any atom is 0.0660 e. The van der Waals surface area contributed by atoms with Gasteiger partial charge in [-0.15, -0.1) is 0 Å². The van der Waals surface area contributed by atoms with Gasteiger partial charge in [-0.25, -0.2) is 0 Å². The fourth-order valence-corrected chi connectivity index (χ4v) is 2.31. The van der Waals surface area contributed by atoms with Crippen LogP contribution in [-0.4, -0.2) is 14.8 Å². The summed E-state index contributed by atoms with van der Waals surface area (Å²) in [5.41, 5.74) is 3.51. The molecule has 0 aliphatic rings. The third kappa shape index (κ3) is 3.48. The fourth-order valence-electron chi connectivity index (χ4n) is 2.31. The van der Waals surface area contributed by atoms with Crippen LogP contribution in [0, 0.1) is 0 Å². The van der Waals surface area contributed by atoms with Crippen LogP contribution in [0.5, 0.6) is 0 Å². The van der Waals surface area contributed by atoms with Gasteiger partial charge in [-0.1, -0.05) is 18.2 Å². The van der Waals surface area contributed by atoms with Gasteiger partial charge in [0.15, 0.2) is 0 Å². The zero-order valence-electron chi connectivity index (χ0n) is 12.0. The molecule has 0 saturated heterocycles. The average molecular weight is 278 g/mol. The lowest BCUT2D eigenvalue weighted by atomic mass is 10.1. The minimum Gasteiger partial charge on any atom is -0.378 e. The number of nitrogens with one attached hydrogen (secondary N) is 1. The molecule has 2 aromatic heterocycles. The van der Waals surface area contributed by atoms with Crippen molar-refractivity contribution in [3.8, 4) is 0 Å². The monoisotopic (exact) mass is 278 g/mol. The Morgan fingerprint density at radius 1 is 1.14 bits per heavy atom. The second kappa shape index (κ2) is 6.22. The summed E-state index contributed by atoms with van der Waals surface area (Å²) >= 11 is 0. The first-order valence-electron chi connectivity index (χ1n) is 7.04. The molecule has 1 atom stereocenters. The van der Waals surface area contributed by atoms with Gasteiger partial charge in [-0.3, -0.25) is 9.67 Å². The number of rotatable bonds is 5. The molecule has 0 saturated carbocycles. The molecule has 1 aromatic carbocycles. The zero-order valence-corrected chi connectivity index (χ0v) is 12.0.